The van der Waals surface area contributed by atoms with Gasteiger partial charge in [0.2, 0.25) is 0 Å². The summed E-state index contributed by atoms with van der Waals surface area (Å²) in [5, 5.41) is 0. The molecule has 0 atom stereocenters. The van der Waals surface area contributed by atoms with Gasteiger partial charge < -0.3 is 18.9 Å². The Labute approximate surface area is 148 Å². The highest BCUT2D eigenvalue weighted by Gasteiger charge is 2.40. The van der Waals surface area contributed by atoms with Crippen molar-refractivity contribution in [1.82, 2.24) is 0 Å². The molecule has 0 unspecified atom stereocenters. The molecule has 0 aliphatic carbocycles. The normalized spacial score (nSPS) is 16.4. The highest BCUT2D eigenvalue weighted by atomic mass is 32.2. The van der Waals surface area contributed by atoms with Crippen LogP contribution in [0.1, 0.15) is 19.3 Å². The quantitative estimate of drug-likeness (QED) is 0.501. The zero-order chi connectivity index (χ0) is 17.3. The van der Waals surface area contributed by atoms with Crippen molar-refractivity contribution in [3.8, 4) is 11.5 Å². The number of benzene rings is 1. The minimum Gasteiger partial charge on any atom is -0.497 e. The van der Waals surface area contributed by atoms with E-state index >= 15 is 0 Å². The molecule has 1 fully saturated rings. The van der Waals surface area contributed by atoms with Gasteiger partial charge in [-0.3, -0.25) is 4.79 Å². The zero-order valence-corrected chi connectivity index (χ0v) is 15.2. The molecule has 1 aliphatic heterocycles. The fourth-order valence-corrected chi connectivity index (χ4v) is 3.94. The molecule has 0 bridgehead atoms. The van der Waals surface area contributed by atoms with Crippen molar-refractivity contribution < 1.29 is 23.7 Å². The lowest BCUT2D eigenvalue weighted by Crippen LogP contribution is -2.40. The van der Waals surface area contributed by atoms with Crippen LogP contribution < -0.4 is 9.47 Å². The third-order valence-electron chi connectivity index (χ3n) is 4.21. The number of esters is 1. The summed E-state index contributed by atoms with van der Waals surface area (Å²) in [5.41, 5.74) is -0.380. The first-order valence-corrected chi connectivity index (χ1v) is 9.36. The van der Waals surface area contributed by atoms with Crippen molar-refractivity contribution in [2.24, 2.45) is 5.41 Å². The van der Waals surface area contributed by atoms with Crippen LogP contribution in [-0.4, -0.2) is 51.5 Å². The number of carbonyl (C=O) groups excluding carboxylic acids is 1. The summed E-state index contributed by atoms with van der Waals surface area (Å²) in [6.45, 7) is 1.93. The summed E-state index contributed by atoms with van der Waals surface area (Å²) in [4.78, 5) is 12.1. The second-order valence-electron chi connectivity index (χ2n) is 5.81. The van der Waals surface area contributed by atoms with Crippen LogP contribution in [0.2, 0.25) is 0 Å². The van der Waals surface area contributed by atoms with Crippen LogP contribution in [0.5, 0.6) is 11.5 Å². The lowest BCUT2D eigenvalue weighted by atomic mass is 9.82. The molecule has 6 heteroatoms. The third kappa shape index (κ3) is 5.31. The number of carbonyl (C=O) groups is 1. The van der Waals surface area contributed by atoms with Crippen LogP contribution in [0.4, 0.5) is 0 Å². The summed E-state index contributed by atoms with van der Waals surface area (Å²) in [6.07, 6.45) is 2.43. The van der Waals surface area contributed by atoms with Crippen molar-refractivity contribution in [3.63, 3.8) is 0 Å². The van der Waals surface area contributed by atoms with E-state index in [1.807, 2.05) is 24.3 Å². The van der Waals surface area contributed by atoms with E-state index in [0.29, 0.717) is 19.8 Å². The smallest absolute Gasteiger partial charge is 0.312 e. The van der Waals surface area contributed by atoms with Gasteiger partial charge in [-0.05, 0) is 49.3 Å². The number of hydrogen-bond donors (Lipinski definition) is 0. The fraction of sp³-hybridized carbons (Fsp3) is 0.611. The lowest BCUT2D eigenvalue weighted by molar-refractivity contribution is -0.156. The summed E-state index contributed by atoms with van der Waals surface area (Å²) in [6, 6.07) is 7.57. The molecule has 2 rings (SSSR count). The molecule has 24 heavy (non-hydrogen) atoms. The molecule has 5 nitrogen and oxygen atoms in total. The molecule has 0 N–H and O–H groups in total. The van der Waals surface area contributed by atoms with E-state index in [0.717, 1.165) is 42.3 Å². The molecule has 0 amide bonds. The number of hydrogen-bond acceptors (Lipinski definition) is 6. The van der Waals surface area contributed by atoms with Crippen LogP contribution >= 0.6 is 11.8 Å². The van der Waals surface area contributed by atoms with Gasteiger partial charge in [-0.15, -0.1) is 0 Å². The van der Waals surface area contributed by atoms with Gasteiger partial charge in [-0.25, -0.2) is 0 Å². The standard InChI is InChI=1S/C18H26O5S/c1-20-15-4-6-16(7-5-15)23-10-3-13-24-14-18(17(19)21-2)8-11-22-12-9-18/h4-7H,3,8-14H2,1-2H3. The first kappa shape index (κ1) is 18.9. The Kier molecular flexibility index (Phi) is 7.72. The van der Waals surface area contributed by atoms with Crippen LogP contribution in [0.3, 0.4) is 0 Å². The fourth-order valence-electron chi connectivity index (χ4n) is 2.68. The van der Waals surface area contributed by atoms with Gasteiger partial charge in [-0.2, -0.15) is 11.8 Å². The zero-order valence-electron chi connectivity index (χ0n) is 14.4. The minimum absolute atomic E-state index is 0.104. The Bertz CT molecular complexity index is 497. The highest BCUT2D eigenvalue weighted by molar-refractivity contribution is 7.99. The van der Waals surface area contributed by atoms with Crippen LogP contribution in [0.25, 0.3) is 0 Å². The van der Waals surface area contributed by atoms with Crippen molar-refractivity contribution in [2.45, 2.75) is 19.3 Å². The maximum absolute atomic E-state index is 12.1. The molecular weight excluding hydrogens is 328 g/mol. The molecule has 0 saturated carbocycles. The Balaban J connectivity index is 1.66. The largest absolute Gasteiger partial charge is 0.497 e. The Morgan fingerprint density at radius 1 is 1.17 bits per heavy atom. The van der Waals surface area contributed by atoms with Crippen molar-refractivity contribution in [1.29, 1.82) is 0 Å². The number of thioether (sulfide) groups is 1. The molecule has 1 heterocycles. The molecule has 0 radical (unpaired) electrons. The molecule has 0 spiro atoms. The van der Waals surface area contributed by atoms with Crippen molar-refractivity contribution in [2.75, 3.05) is 45.5 Å². The van der Waals surface area contributed by atoms with E-state index in [-0.39, 0.29) is 11.4 Å². The Hall–Kier alpha value is -1.40. The molecule has 0 aromatic heterocycles. The van der Waals surface area contributed by atoms with Gasteiger partial charge in [-0.1, -0.05) is 0 Å². The van der Waals surface area contributed by atoms with Crippen LogP contribution in [0, 0.1) is 5.41 Å². The minimum atomic E-state index is -0.380. The van der Waals surface area contributed by atoms with E-state index in [1.54, 1.807) is 18.9 Å². The lowest BCUT2D eigenvalue weighted by Gasteiger charge is -2.34. The molecule has 134 valence electrons. The number of ether oxygens (including phenoxy) is 4. The predicted octanol–water partition coefficient (Wildman–Crippen LogP) is 3.17. The van der Waals surface area contributed by atoms with Crippen LogP contribution in [-0.2, 0) is 14.3 Å². The van der Waals surface area contributed by atoms with E-state index in [2.05, 4.69) is 0 Å². The maximum Gasteiger partial charge on any atom is 0.312 e. The van der Waals surface area contributed by atoms with E-state index in [4.69, 9.17) is 18.9 Å². The van der Waals surface area contributed by atoms with Gasteiger partial charge in [0.25, 0.3) is 0 Å². The number of rotatable bonds is 9. The average molecular weight is 354 g/mol. The molecule has 1 aromatic carbocycles. The second kappa shape index (κ2) is 9.79. The maximum atomic E-state index is 12.1. The van der Waals surface area contributed by atoms with E-state index in [9.17, 15) is 4.79 Å². The van der Waals surface area contributed by atoms with Gasteiger partial charge in [0, 0.05) is 19.0 Å². The van der Waals surface area contributed by atoms with Gasteiger partial charge >= 0.3 is 5.97 Å². The SMILES string of the molecule is COC(=O)C1(CSCCCOc2ccc(OC)cc2)CCOCC1. The highest BCUT2D eigenvalue weighted by Crippen LogP contribution is 2.35. The first-order chi connectivity index (χ1) is 11.7. The topological polar surface area (TPSA) is 54.0 Å². The van der Waals surface area contributed by atoms with E-state index < -0.39 is 0 Å². The Morgan fingerprint density at radius 2 is 1.83 bits per heavy atom. The molecule has 1 aliphatic rings. The number of methoxy groups -OCH3 is 2. The summed E-state index contributed by atoms with van der Waals surface area (Å²) >= 11 is 1.79. The van der Waals surface area contributed by atoms with Crippen LogP contribution in [0.15, 0.2) is 24.3 Å². The average Bonchev–Trinajstić information content (AvgIpc) is 2.65. The van der Waals surface area contributed by atoms with Gasteiger partial charge in [0.05, 0.1) is 26.2 Å². The summed E-state index contributed by atoms with van der Waals surface area (Å²) < 4.78 is 21.2. The monoisotopic (exact) mass is 354 g/mol. The summed E-state index contributed by atoms with van der Waals surface area (Å²) in [5.74, 6) is 3.30. The predicted molar refractivity (Wildman–Crippen MR) is 94.9 cm³/mol. The van der Waals surface area contributed by atoms with E-state index in [1.165, 1.54) is 7.11 Å². The molecule has 1 aromatic rings. The third-order valence-corrected chi connectivity index (χ3v) is 5.54. The Morgan fingerprint density at radius 3 is 2.46 bits per heavy atom. The summed E-state index contributed by atoms with van der Waals surface area (Å²) in [7, 11) is 3.11. The second-order valence-corrected chi connectivity index (χ2v) is 6.92. The van der Waals surface area contributed by atoms with Crippen molar-refractivity contribution >= 4 is 17.7 Å². The molecule has 1 saturated heterocycles. The molecular formula is C18H26O5S. The van der Waals surface area contributed by atoms with Gasteiger partial charge in [0.15, 0.2) is 0 Å². The van der Waals surface area contributed by atoms with Crippen molar-refractivity contribution in [3.05, 3.63) is 24.3 Å². The van der Waals surface area contributed by atoms with Gasteiger partial charge in [0.1, 0.15) is 11.5 Å². The first-order valence-electron chi connectivity index (χ1n) is 8.21.